The molecule has 3 rings (SSSR count). The van der Waals surface area contributed by atoms with Gasteiger partial charge in [-0.05, 0) is 54.4 Å². The highest BCUT2D eigenvalue weighted by molar-refractivity contribution is 9.10. The summed E-state index contributed by atoms with van der Waals surface area (Å²) in [5.41, 5.74) is 3.20. The molecule has 2 aromatic heterocycles. The number of nitrogens with one attached hydrogen (secondary N) is 1. The van der Waals surface area contributed by atoms with E-state index in [1.807, 2.05) is 24.3 Å². The second kappa shape index (κ2) is 7.59. The van der Waals surface area contributed by atoms with Crippen molar-refractivity contribution in [2.24, 2.45) is 0 Å². The molecule has 0 saturated carbocycles. The molecule has 0 atom stereocenters. The number of aromatic amines is 1. The number of carbonyl (C=O) groups is 2. The van der Waals surface area contributed by atoms with E-state index in [-0.39, 0.29) is 17.3 Å². The molecule has 3 aromatic rings. The third-order valence-electron chi connectivity index (χ3n) is 3.91. The van der Waals surface area contributed by atoms with E-state index in [1.54, 1.807) is 13.8 Å². The minimum absolute atomic E-state index is 0.0575. The Bertz CT molecular complexity index is 993. The average molecular weight is 434 g/mol. The SMILES string of the molecule is CC(=O)c1c(C)[nH]c(C(=O)CSc2nnc(-c3ccccc3Br)o2)c1C. The number of aromatic nitrogens is 3. The number of H-pyrrole nitrogens is 1. The molecule has 1 aromatic carbocycles. The Kier molecular flexibility index (Phi) is 5.43. The van der Waals surface area contributed by atoms with Crippen molar-refractivity contribution >= 4 is 39.3 Å². The molecule has 0 aliphatic carbocycles. The lowest BCUT2D eigenvalue weighted by molar-refractivity contribution is 0.101. The fourth-order valence-corrected chi connectivity index (χ4v) is 3.86. The molecule has 1 N–H and O–H groups in total. The third kappa shape index (κ3) is 3.66. The molecule has 26 heavy (non-hydrogen) atoms. The van der Waals surface area contributed by atoms with Crippen molar-refractivity contribution in [2.75, 3.05) is 5.75 Å². The van der Waals surface area contributed by atoms with E-state index in [4.69, 9.17) is 4.42 Å². The van der Waals surface area contributed by atoms with Gasteiger partial charge in [-0.15, -0.1) is 10.2 Å². The quantitative estimate of drug-likeness (QED) is 0.450. The first-order chi connectivity index (χ1) is 12.4. The van der Waals surface area contributed by atoms with E-state index in [0.29, 0.717) is 33.6 Å². The van der Waals surface area contributed by atoms with Crippen LogP contribution in [0.3, 0.4) is 0 Å². The second-order valence-corrected chi connectivity index (χ2v) is 7.53. The van der Waals surface area contributed by atoms with Gasteiger partial charge >= 0.3 is 0 Å². The van der Waals surface area contributed by atoms with Gasteiger partial charge in [-0.3, -0.25) is 9.59 Å². The van der Waals surface area contributed by atoms with Crippen molar-refractivity contribution in [3.8, 4) is 11.5 Å². The molecule has 134 valence electrons. The van der Waals surface area contributed by atoms with Crippen LogP contribution in [0.4, 0.5) is 0 Å². The minimum Gasteiger partial charge on any atom is -0.411 e. The summed E-state index contributed by atoms with van der Waals surface area (Å²) in [6.07, 6.45) is 0. The highest BCUT2D eigenvalue weighted by Crippen LogP contribution is 2.29. The molecule has 6 nitrogen and oxygen atoms in total. The van der Waals surface area contributed by atoms with Crippen molar-refractivity contribution in [1.82, 2.24) is 15.2 Å². The van der Waals surface area contributed by atoms with Gasteiger partial charge in [-0.1, -0.05) is 23.9 Å². The van der Waals surface area contributed by atoms with Gasteiger partial charge in [0.05, 0.1) is 17.0 Å². The lowest BCUT2D eigenvalue weighted by atomic mass is 10.1. The molecular weight excluding hydrogens is 418 g/mol. The molecule has 0 aliphatic heterocycles. The van der Waals surface area contributed by atoms with Gasteiger partial charge in [0.15, 0.2) is 11.6 Å². The third-order valence-corrected chi connectivity index (χ3v) is 5.42. The Hall–Kier alpha value is -2.19. The van der Waals surface area contributed by atoms with E-state index >= 15 is 0 Å². The van der Waals surface area contributed by atoms with E-state index in [1.165, 1.54) is 18.7 Å². The molecule has 0 aliphatic rings. The Balaban J connectivity index is 1.72. The molecule has 0 radical (unpaired) electrons. The van der Waals surface area contributed by atoms with E-state index in [9.17, 15) is 9.59 Å². The van der Waals surface area contributed by atoms with E-state index in [2.05, 4.69) is 31.1 Å². The molecule has 0 fully saturated rings. The molecule has 8 heteroatoms. The molecule has 0 spiro atoms. The summed E-state index contributed by atoms with van der Waals surface area (Å²) < 4.78 is 6.48. The van der Waals surface area contributed by atoms with Gasteiger partial charge < -0.3 is 9.40 Å². The maximum Gasteiger partial charge on any atom is 0.277 e. The fraction of sp³-hybridized carbons (Fsp3) is 0.222. The summed E-state index contributed by atoms with van der Waals surface area (Å²) in [6, 6.07) is 7.53. The first kappa shape index (κ1) is 18.6. The van der Waals surface area contributed by atoms with Crippen molar-refractivity contribution in [3.63, 3.8) is 0 Å². The number of carbonyl (C=O) groups excluding carboxylic acids is 2. The first-order valence-electron chi connectivity index (χ1n) is 7.83. The van der Waals surface area contributed by atoms with Crippen LogP contribution >= 0.6 is 27.7 Å². The Morgan fingerprint density at radius 2 is 1.96 bits per heavy atom. The van der Waals surface area contributed by atoms with Crippen molar-refractivity contribution in [2.45, 2.75) is 26.0 Å². The summed E-state index contributed by atoms with van der Waals surface area (Å²) in [4.78, 5) is 27.2. The van der Waals surface area contributed by atoms with Crippen LogP contribution in [-0.4, -0.2) is 32.5 Å². The predicted octanol–water partition coefficient (Wildman–Crippen LogP) is 4.62. The zero-order valence-corrected chi connectivity index (χ0v) is 16.8. The zero-order valence-electron chi connectivity index (χ0n) is 14.4. The van der Waals surface area contributed by atoms with E-state index < -0.39 is 0 Å². The van der Waals surface area contributed by atoms with Gasteiger partial charge in [0.1, 0.15) is 0 Å². The molecule has 0 amide bonds. The lowest BCUT2D eigenvalue weighted by Gasteiger charge is -1.99. The first-order valence-corrected chi connectivity index (χ1v) is 9.60. The van der Waals surface area contributed by atoms with Crippen molar-refractivity contribution in [3.05, 3.63) is 51.3 Å². The highest BCUT2D eigenvalue weighted by Gasteiger charge is 2.21. The van der Waals surface area contributed by atoms with Crippen LogP contribution in [0.1, 0.15) is 39.0 Å². The van der Waals surface area contributed by atoms with Gasteiger partial charge in [0.25, 0.3) is 5.22 Å². The van der Waals surface area contributed by atoms with Crippen LogP contribution in [0.2, 0.25) is 0 Å². The van der Waals surface area contributed by atoms with Crippen LogP contribution in [0.15, 0.2) is 38.4 Å². The number of Topliss-reactive ketones (excluding diaryl/α,β-unsaturated/α-hetero) is 2. The summed E-state index contributed by atoms with van der Waals surface area (Å²) in [5.74, 6) is 0.343. The van der Waals surface area contributed by atoms with Crippen LogP contribution in [0.25, 0.3) is 11.5 Å². The molecule has 2 heterocycles. The Labute approximate surface area is 162 Å². The van der Waals surface area contributed by atoms with Gasteiger partial charge in [0.2, 0.25) is 5.89 Å². The molecule has 0 unspecified atom stereocenters. The highest BCUT2D eigenvalue weighted by atomic mass is 79.9. The maximum atomic E-state index is 12.5. The Morgan fingerprint density at radius 1 is 1.23 bits per heavy atom. The summed E-state index contributed by atoms with van der Waals surface area (Å²) in [5, 5.41) is 8.32. The van der Waals surface area contributed by atoms with Crippen LogP contribution in [0, 0.1) is 13.8 Å². The normalized spacial score (nSPS) is 10.9. The van der Waals surface area contributed by atoms with Crippen LogP contribution in [-0.2, 0) is 0 Å². The monoisotopic (exact) mass is 433 g/mol. The number of hydrogen-bond donors (Lipinski definition) is 1. The van der Waals surface area contributed by atoms with Gasteiger partial charge in [-0.2, -0.15) is 0 Å². The van der Waals surface area contributed by atoms with Crippen molar-refractivity contribution < 1.29 is 14.0 Å². The number of thioether (sulfide) groups is 1. The second-order valence-electron chi connectivity index (χ2n) is 5.75. The molecular formula is C18H16BrN3O3S. The van der Waals surface area contributed by atoms with Crippen LogP contribution in [0.5, 0.6) is 0 Å². The van der Waals surface area contributed by atoms with Crippen LogP contribution < -0.4 is 0 Å². The smallest absolute Gasteiger partial charge is 0.277 e. The maximum absolute atomic E-state index is 12.5. The summed E-state index contributed by atoms with van der Waals surface area (Å²) >= 11 is 4.61. The number of aryl methyl sites for hydroxylation is 1. The van der Waals surface area contributed by atoms with E-state index in [0.717, 1.165) is 10.0 Å². The number of benzene rings is 1. The number of nitrogens with zero attached hydrogens (tertiary/aromatic N) is 2. The predicted molar refractivity (Wildman–Crippen MR) is 103 cm³/mol. The minimum atomic E-state index is -0.122. The molecule has 0 bridgehead atoms. The van der Waals surface area contributed by atoms with Crippen molar-refractivity contribution in [1.29, 1.82) is 0 Å². The largest absolute Gasteiger partial charge is 0.411 e. The number of ketones is 2. The zero-order chi connectivity index (χ0) is 18.8. The standard InChI is InChI=1S/C18H16BrN3O3S/c1-9-15(11(3)23)10(2)20-16(9)14(24)8-26-18-22-21-17(25-18)12-6-4-5-7-13(12)19/h4-7,20H,8H2,1-3H3. The van der Waals surface area contributed by atoms with Gasteiger partial charge in [-0.25, -0.2) is 0 Å². The number of rotatable bonds is 6. The summed E-state index contributed by atoms with van der Waals surface area (Å²) in [7, 11) is 0. The lowest BCUT2D eigenvalue weighted by Crippen LogP contribution is -2.05. The topological polar surface area (TPSA) is 88.9 Å². The average Bonchev–Trinajstić information content (AvgIpc) is 3.17. The fourth-order valence-electron chi connectivity index (χ4n) is 2.77. The molecule has 0 saturated heterocycles. The van der Waals surface area contributed by atoms with Gasteiger partial charge in [0, 0.05) is 15.7 Å². The summed E-state index contributed by atoms with van der Waals surface area (Å²) in [6.45, 7) is 5.05. The number of hydrogen-bond acceptors (Lipinski definition) is 6. The Morgan fingerprint density at radius 3 is 2.62 bits per heavy atom. The number of halogens is 1.